The number of hydrogen-bond acceptors (Lipinski definition) is 2. The number of anilines is 1. The van der Waals surface area contributed by atoms with Gasteiger partial charge in [0.25, 0.3) is 0 Å². The van der Waals surface area contributed by atoms with Gasteiger partial charge < -0.3 is 10.5 Å². The number of aryl methyl sites for hydroxylation is 1. The monoisotopic (exact) mass is 241 g/mol. The lowest BCUT2D eigenvalue weighted by molar-refractivity contribution is 0.186. The fourth-order valence-corrected chi connectivity index (χ4v) is 1.87. The van der Waals surface area contributed by atoms with Crippen molar-refractivity contribution in [2.45, 2.75) is 6.92 Å². The fourth-order valence-electron chi connectivity index (χ4n) is 1.87. The summed E-state index contributed by atoms with van der Waals surface area (Å²) < 4.78 is 43.8. The molecule has 0 amide bonds. The molecule has 0 heterocycles. The van der Waals surface area contributed by atoms with Crippen LogP contribution in [0.1, 0.15) is 5.56 Å². The molecule has 2 N–H and O–H groups in total. The molecular formula is C12H10F3NO. The highest BCUT2D eigenvalue weighted by Gasteiger charge is 2.16. The maximum Gasteiger partial charge on any atom is 0.228 e. The number of rotatable bonds is 2. The number of hydrogen-bond donors (Lipinski definition) is 1. The second kappa shape index (κ2) is 4.16. The van der Waals surface area contributed by atoms with Gasteiger partial charge in [-0.3, -0.25) is 0 Å². The molecule has 5 heteroatoms. The number of alkyl halides is 1. The van der Waals surface area contributed by atoms with Crippen molar-refractivity contribution < 1.29 is 17.9 Å². The van der Waals surface area contributed by atoms with Crippen molar-refractivity contribution >= 4 is 16.5 Å². The van der Waals surface area contributed by atoms with Crippen LogP contribution in [0.3, 0.4) is 0 Å². The van der Waals surface area contributed by atoms with Gasteiger partial charge in [0.05, 0.1) is 0 Å². The molecular weight excluding hydrogens is 231 g/mol. The molecule has 0 aliphatic carbocycles. The Morgan fingerprint density at radius 1 is 1.18 bits per heavy atom. The average molecular weight is 241 g/mol. The minimum absolute atomic E-state index is 0.118. The summed E-state index contributed by atoms with van der Waals surface area (Å²) in [6, 6.07) is 3.57. The standard InChI is InChI=1S/C12H10F3NO/c1-6-2-7(16)3-8-9(14)4-10(15)12(11(6)8)17-5-13/h2-4H,5,16H2,1H3. The van der Waals surface area contributed by atoms with Crippen LogP contribution in [0.15, 0.2) is 18.2 Å². The molecule has 0 unspecified atom stereocenters. The van der Waals surface area contributed by atoms with Crippen LogP contribution in [-0.2, 0) is 0 Å². The van der Waals surface area contributed by atoms with Crippen molar-refractivity contribution in [1.82, 2.24) is 0 Å². The van der Waals surface area contributed by atoms with E-state index in [4.69, 9.17) is 5.73 Å². The predicted molar refractivity (Wildman–Crippen MR) is 59.6 cm³/mol. The molecule has 2 rings (SSSR count). The van der Waals surface area contributed by atoms with Crippen LogP contribution >= 0.6 is 0 Å². The molecule has 0 aliphatic heterocycles. The quantitative estimate of drug-likeness (QED) is 0.818. The van der Waals surface area contributed by atoms with Gasteiger partial charge in [-0.25, -0.2) is 13.2 Å². The van der Waals surface area contributed by atoms with Crippen molar-refractivity contribution in [2.75, 3.05) is 12.6 Å². The van der Waals surface area contributed by atoms with E-state index >= 15 is 0 Å². The summed E-state index contributed by atoms with van der Waals surface area (Å²) in [6.45, 7) is 0.449. The topological polar surface area (TPSA) is 35.2 Å². The molecule has 2 aromatic rings. The molecule has 0 radical (unpaired) electrons. The second-order valence-corrected chi connectivity index (χ2v) is 3.68. The van der Waals surface area contributed by atoms with E-state index in [0.29, 0.717) is 17.3 Å². The Morgan fingerprint density at radius 2 is 1.88 bits per heavy atom. The first-order chi connectivity index (χ1) is 8.04. The highest BCUT2D eigenvalue weighted by atomic mass is 19.1. The van der Waals surface area contributed by atoms with Crippen molar-refractivity contribution in [3.05, 3.63) is 35.4 Å². The molecule has 90 valence electrons. The molecule has 0 spiro atoms. The highest BCUT2D eigenvalue weighted by Crippen LogP contribution is 2.35. The summed E-state index contributed by atoms with van der Waals surface area (Å²) in [7, 11) is 0. The summed E-state index contributed by atoms with van der Waals surface area (Å²) in [4.78, 5) is 0. The molecule has 0 saturated heterocycles. The van der Waals surface area contributed by atoms with Gasteiger partial charge in [-0.05, 0) is 24.6 Å². The molecule has 0 saturated carbocycles. The zero-order valence-electron chi connectivity index (χ0n) is 9.06. The van der Waals surface area contributed by atoms with Gasteiger partial charge in [0.2, 0.25) is 6.86 Å². The maximum atomic E-state index is 13.6. The summed E-state index contributed by atoms with van der Waals surface area (Å²) >= 11 is 0. The van der Waals surface area contributed by atoms with Gasteiger partial charge in [-0.1, -0.05) is 0 Å². The van der Waals surface area contributed by atoms with E-state index < -0.39 is 18.5 Å². The number of nitrogens with two attached hydrogens (primary N) is 1. The largest absolute Gasteiger partial charge is 0.459 e. The second-order valence-electron chi connectivity index (χ2n) is 3.68. The lowest BCUT2D eigenvalue weighted by Crippen LogP contribution is -1.99. The Balaban J connectivity index is 2.89. The third-order valence-corrected chi connectivity index (χ3v) is 2.51. The average Bonchev–Trinajstić information content (AvgIpc) is 2.24. The number of fused-ring (bicyclic) bond motifs is 1. The summed E-state index contributed by atoms with van der Waals surface area (Å²) in [5.41, 5.74) is 6.46. The normalized spacial score (nSPS) is 10.8. The Morgan fingerprint density at radius 3 is 2.53 bits per heavy atom. The number of nitrogen functional groups attached to an aromatic ring is 1. The van der Waals surface area contributed by atoms with Crippen LogP contribution in [0.5, 0.6) is 5.75 Å². The Labute approximate surface area is 95.8 Å². The minimum atomic E-state index is -1.18. The van der Waals surface area contributed by atoms with Crippen LogP contribution in [0.25, 0.3) is 10.8 Å². The highest BCUT2D eigenvalue weighted by molar-refractivity contribution is 5.94. The Hall–Kier alpha value is -1.91. The number of benzene rings is 2. The van der Waals surface area contributed by atoms with Gasteiger partial charge in [-0.15, -0.1) is 0 Å². The summed E-state index contributed by atoms with van der Waals surface area (Å²) in [6.07, 6.45) is 0. The van der Waals surface area contributed by atoms with E-state index in [9.17, 15) is 13.2 Å². The van der Waals surface area contributed by atoms with Crippen LogP contribution in [0, 0.1) is 18.6 Å². The predicted octanol–water partition coefficient (Wildman–Crippen LogP) is 3.31. The first kappa shape index (κ1) is 11.6. The van der Waals surface area contributed by atoms with E-state index in [2.05, 4.69) is 4.74 Å². The fraction of sp³-hybridized carbons (Fsp3) is 0.167. The van der Waals surface area contributed by atoms with Gasteiger partial charge >= 0.3 is 0 Å². The van der Waals surface area contributed by atoms with Crippen LogP contribution in [-0.4, -0.2) is 6.86 Å². The van der Waals surface area contributed by atoms with Crippen molar-refractivity contribution in [3.8, 4) is 5.75 Å². The van der Waals surface area contributed by atoms with Crippen LogP contribution in [0.2, 0.25) is 0 Å². The SMILES string of the molecule is Cc1cc(N)cc2c(F)cc(F)c(OCF)c12. The molecule has 0 aliphatic rings. The van der Waals surface area contributed by atoms with Crippen molar-refractivity contribution in [2.24, 2.45) is 0 Å². The number of ether oxygens (including phenoxy) is 1. The Kier molecular flexibility index (Phi) is 2.83. The molecule has 0 atom stereocenters. The van der Waals surface area contributed by atoms with Crippen LogP contribution < -0.4 is 10.5 Å². The van der Waals surface area contributed by atoms with E-state index in [1.807, 2.05) is 0 Å². The molecule has 17 heavy (non-hydrogen) atoms. The third-order valence-electron chi connectivity index (χ3n) is 2.51. The molecule has 0 aromatic heterocycles. The van der Waals surface area contributed by atoms with Crippen molar-refractivity contribution in [1.29, 1.82) is 0 Å². The first-order valence-electron chi connectivity index (χ1n) is 4.91. The number of halogens is 3. The van der Waals surface area contributed by atoms with Gasteiger partial charge in [0.1, 0.15) is 5.82 Å². The van der Waals surface area contributed by atoms with E-state index in [0.717, 1.165) is 0 Å². The lowest BCUT2D eigenvalue weighted by Gasteiger charge is -2.11. The molecule has 0 fully saturated rings. The molecule has 2 nitrogen and oxygen atoms in total. The maximum absolute atomic E-state index is 13.6. The zero-order chi connectivity index (χ0) is 12.6. The van der Waals surface area contributed by atoms with Gasteiger partial charge in [0.15, 0.2) is 11.6 Å². The first-order valence-corrected chi connectivity index (χ1v) is 4.91. The smallest absolute Gasteiger partial charge is 0.228 e. The molecule has 2 aromatic carbocycles. The van der Waals surface area contributed by atoms with E-state index in [1.165, 1.54) is 6.07 Å². The van der Waals surface area contributed by atoms with Crippen molar-refractivity contribution in [3.63, 3.8) is 0 Å². The summed E-state index contributed by atoms with van der Waals surface area (Å²) in [5, 5.41) is 0.321. The lowest BCUT2D eigenvalue weighted by atomic mass is 10.0. The van der Waals surface area contributed by atoms with E-state index in [1.54, 1.807) is 13.0 Å². The van der Waals surface area contributed by atoms with Crippen LogP contribution in [0.4, 0.5) is 18.9 Å². The van der Waals surface area contributed by atoms with Gasteiger partial charge in [0, 0.05) is 22.5 Å². The van der Waals surface area contributed by atoms with Gasteiger partial charge in [-0.2, -0.15) is 0 Å². The summed E-state index contributed by atoms with van der Waals surface area (Å²) in [5.74, 6) is -1.97. The minimum Gasteiger partial charge on any atom is -0.459 e. The Bertz CT molecular complexity index is 584. The third kappa shape index (κ3) is 1.88. The van der Waals surface area contributed by atoms with E-state index in [-0.39, 0.29) is 16.5 Å². The molecule has 0 bridgehead atoms. The zero-order valence-corrected chi connectivity index (χ0v) is 9.06.